The molecule has 0 aliphatic carbocycles. The van der Waals surface area contributed by atoms with Crippen LogP contribution in [0.1, 0.15) is 37.3 Å². The number of hydrogen-bond donors (Lipinski definition) is 3. The van der Waals surface area contributed by atoms with Gasteiger partial charge in [0, 0.05) is 19.0 Å². The van der Waals surface area contributed by atoms with Crippen molar-refractivity contribution in [2.24, 2.45) is 11.7 Å². The zero-order valence-electron chi connectivity index (χ0n) is 23.8. The molecule has 0 radical (unpaired) electrons. The highest BCUT2D eigenvalue weighted by molar-refractivity contribution is 5.95. The van der Waals surface area contributed by atoms with Crippen molar-refractivity contribution in [1.29, 1.82) is 5.41 Å². The monoisotopic (exact) mass is 592 g/mol. The van der Waals surface area contributed by atoms with Crippen LogP contribution in [-0.2, 0) is 25.5 Å². The first-order valence-electron chi connectivity index (χ1n) is 13.7. The fourth-order valence-electron chi connectivity index (χ4n) is 5.13. The molecule has 42 heavy (non-hydrogen) atoms. The number of carbonyl (C=O) groups is 3. The predicted octanol–water partition coefficient (Wildman–Crippen LogP) is 4.81. The molecule has 2 atom stereocenters. The molecule has 0 bridgehead atoms. The lowest BCUT2D eigenvalue weighted by Crippen LogP contribution is -2.38. The summed E-state index contributed by atoms with van der Waals surface area (Å²) >= 11 is 0. The first-order valence-corrected chi connectivity index (χ1v) is 13.7. The average molecular weight is 593 g/mol. The van der Waals surface area contributed by atoms with Crippen LogP contribution in [0.15, 0.2) is 72.8 Å². The minimum Gasteiger partial charge on any atom is -0.489 e. The van der Waals surface area contributed by atoms with E-state index in [1.165, 1.54) is 19.6 Å². The second-order valence-corrected chi connectivity index (χ2v) is 10.2. The van der Waals surface area contributed by atoms with Crippen molar-refractivity contribution in [2.75, 3.05) is 25.6 Å². The second-order valence-electron chi connectivity index (χ2n) is 10.2. The van der Waals surface area contributed by atoms with Crippen LogP contribution in [-0.4, -0.2) is 54.8 Å². The van der Waals surface area contributed by atoms with Crippen molar-refractivity contribution >= 4 is 41.7 Å². The molecule has 1 aliphatic rings. The lowest BCUT2D eigenvalue weighted by molar-refractivity contribution is -0.144. The van der Waals surface area contributed by atoms with Gasteiger partial charge in [-0.2, -0.15) is 0 Å². The third kappa shape index (κ3) is 8.33. The number of nitrogens with one attached hydrogen (secondary N) is 2. The van der Waals surface area contributed by atoms with E-state index in [0.29, 0.717) is 30.0 Å². The largest absolute Gasteiger partial charge is 0.489 e. The van der Waals surface area contributed by atoms with E-state index in [2.05, 4.69) is 17.4 Å². The molecule has 222 valence electrons. The number of halogens is 1. The Morgan fingerprint density at radius 2 is 1.74 bits per heavy atom. The van der Waals surface area contributed by atoms with Gasteiger partial charge in [-0.15, -0.1) is 12.4 Å². The number of anilines is 1. The van der Waals surface area contributed by atoms with E-state index < -0.39 is 11.9 Å². The van der Waals surface area contributed by atoms with Crippen molar-refractivity contribution in [2.45, 2.75) is 38.6 Å². The molecule has 1 heterocycles. The van der Waals surface area contributed by atoms with Gasteiger partial charge < -0.3 is 25.4 Å². The van der Waals surface area contributed by atoms with Gasteiger partial charge in [0.15, 0.2) is 0 Å². The third-order valence-corrected chi connectivity index (χ3v) is 7.23. The molecule has 4 rings (SSSR count). The minimum absolute atomic E-state index is 0. The molecule has 2 amide bonds. The molecule has 1 fully saturated rings. The molecular weight excluding hydrogens is 556 g/mol. The molecule has 0 aromatic heterocycles. The highest BCUT2D eigenvalue weighted by Crippen LogP contribution is 2.33. The van der Waals surface area contributed by atoms with Gasteiger partial charge in [-0.05, 0) is 48.1 Å². The van der Waals surface area contributed by atoms with Crippen LogP contribution in [0.25, 0.3) is 11.1 Å². The number of methoxy groups -OCH3 is 1. The number of ether oxygens (including phenoxy) is 2. The molecule has 4 N–H and O–H groups in total. The summed E-state index contributed by atoms with van der Waals surface area (Å²) in [6, 6.07) is 22.7. The smallest absolute Gasteiger partial charge is 0.306 e. The molecular formula is C32H37ClN4O5. The van der Waals surface area contributed by atoms with Gasteiger partial charge in [0.05, 0.1) is 31.2 Å². The van der Waals surface area contributed by atoms with Crippen molar-refractivity contribution in [1.82, 2.24) is 4.90 Å². The Labute approximate surface area is 252 Å². The summed E-state index contributed by atoms with van der Waals surface area (Å²) in [6.07, 6.45) is 2.14. The fraction of sp³-hybridized carbons (Fsp3) is 0.312. The minimum atomic E-state index is -0.456. The fourth-order valence-corrected chi connectivity index (χ4v) is 5.13. The summed E-state index contributed by atoms with van der Waals surface area (Å²) < 4.78 is 11.0. The Kier molecular flexibility index (Phi) is 11.5. The van der Waals surface area contributed by atoms with Gasteiger partial charge >= 0.3 is 5.97 Å². The van der Waals surface area contributed by atoms with Crippen molar-refractivity contribution in [3.8, 4) is 16.9 Å². The van der Waals surface area contributed by atoms with Crippen LogP contribution in [0.2, 0.25) is 0 Å². The number of rotatable bonds is 12. The number of likely N-dealkylation sites (tertiary alicyclic amines) is 1. The van der Waals surface area contributed by atoms with Crippen molar-refractivity contribution in [3.63, 3.8) is 0 Å². The molecule has 3 aromatic carbocycles. The number of carbonyl (C=O) groups excluding carboxylic acids is 3. The van der Waals surface area contributed by atoms with Crippen LogP contribution in [0.4, 0.5) is 5.69 Å². The van der Waals surface area contributed by atoms with Gasteiger partial charge in [0.2, 0.25) is 11.8 Å². The zero-order valence-corrected chi connectivity index (χ0v) is 24.6. The lowest BCUT2D eigenvalue weighted by Gasteiger charge is -2.25. The molecule has 0 spiro atoms. The van der Waals surface area contributed by atoms with E-state index in [1.54, 1.807) is 18.2 Å². The maximum atomic E-state index is 13.3. The summed E-state index contributed by atoms with van der Waals surface area (Å²) in [4.78, 5) is 39.1. The maximum absolute atomic E-state index is 13.3. The highest BCUT2D eigenvalue weighted by atomic mass is 35.5. The number of nitrogens with zero attached hydrogens (tertiary/aromatic N) is 1. The summed E-state index contributed by atoms with van der Waals surface area (Å²) in [5.41, 5.74) is 9.66. The molecule has 10 heteroatoms. The quantitative estimate of drug-likeness (QED) is 0.157. The van der Waals surface area contributed by atoms with E-state index >= 15 is 0 Å². The number of aryl methyl sites for hydroxylation is 1. The van der Waals surface area contributed by atoms with Gasteiger partial charge in [-0.1, -0.05) is 60.7 Å². The van der Waals surface area contributed by atoms with Crippen LogP contribution in [0.3, 0.4) is 0 Å². The van der Waals surface area contributed by atoms with Crippen LogP contribution < -0.4 is 15.8 Å². The topological polar surface area (TPSA) is 135 Å². The summed E-state index contributed by atoms with van der Waals surface area (Å²) in [5.74, 6) is -0.693. The predicted molar refractivity (Wildman–Crippen MR) is 165 cm³/mol. The number of esters is 1. The molecule has 9 nitrogen and oxygen atoms in total. The van der Waals surface area contributed by atoms with Crippen LogP contribution in [0.5, 0.6) is 5.75 Å². The maximum Gasteiger partial charge on any atom is 0.306 e. The third-order valence-electron chi connectivity index (χ3n) is 7.23. The van der Waals surface area contributed by atoms with Crippen molar-refractivity contribution in [3.05, 3.63) is 83.9 Å². The van der Waals surface area contributed by atoms with Gasteiger partial charge in [-0.3, -0.25) is 19.8 Å². The Balaban J connectivity index is 0.00000484. The SMILES string of the molecule is COC(=O)C[C@@H]1C[C@@H](COc2ccc(-c3ccc(C(=N)N)cc3)cc2NC(C)=O)N(CCCc2ccccc2)C1=O.Cl. The van der Waals surface area contributed by atoms with E-state index in [4.69, 9.17) is 20.6 Å². The first-order chi connectivity index (χ1) is 19.7. The summed E-state index contributed by atoms with van der Waals surface area (Å²) in [7, 11) is 1.32. The Morgan fingerprint density at radius 1 is 1.05 bits per heavy atom. The first kappa shape index (κ1) is 32.1. The van der Waals surface area contributed by atoms with Crippen LogP contribution in [0, 0.1) is 11.3 Å². The standard InChI is InChI=1S/C32H36N4O5.ClH/c1-21(37)35-28-18-25(23-10-12-24(13-11-23)31(33)34)14-15-29(28)41-20-27-17-26(19-30(38)40-2)32(39)36(27)16-6-9-22-7-4-3-5-8-22;/h3-5,7-8,10-15,18,26-27H,6,9,16-17,19-20H2,1-2H3,(H3,33,34)(H,35,37);1H/t26-,27-;/m0./s1. The molecule has 0 unspecified atom stereocenters. The van der Waals surface area contributed by atoms with Gasteiger partial charge in [0.1, 0.15) is 18.2 Å². The van der Waals surface area contributed by atoms with E-state index in [1.807, 2.05) is 47.4 Å². The average Bonchev–Trinajstić information content (AvgIpc) is 3.26. The number of benzene rings is 3. The molecule has 1 aliphatic heterocycles. The summed E-state index contributed by atoms with van der Waals surface area (Å²) in [6.45, 7) is 2.20. The van der Waals surface area contributed by atoms with E-state index in [9.17, 15) is 14.4 Å². The van der Waals surface area contributed by atoms with Crippen LogP contribution >= 0.6 is 12.4 Å². The zero-order chi connectivity index (χ0) is 29.4. The Morgan fingerprint density at radius 3 is 2.38 bits per heavy atom. The van der Waals surface area contributed by atoms with Gasteiger partial charge in [-0.25, -0.2) is 0 Å². The normalized spacial score (nSPS) is 16.0. The lowest BCUT2D eigenvalue weighted by atomic mass is 10.0. The second kappa shape index (κ2) is 15.0. The number of nitrogens with two attached hydrogens (primary N) is 1. The molecule has 0 saturated carbocycles. The number of nitrogen functional groups attached to an aromatic ring is 1. The number of hydrogen-bond acceptors (Lipinski definition) is 6. The van der Waals surface area contributed by atoms with Crippen molar-refractivity contribution < 1.29 is 23.9 Å². The summed E-state index contributed by atoms with van der Waals surface area (Å²) in [5, 5.41) is 10.4. The van der Waals surface area contributed by atoms with E-state index in [0.717, 1.165) is 24.0 Å². The highest BCUT2D eigenvalue weighted by Gasteiger charge is 2.40. The molecule has 1 saturated heterocycles. The Hall–Kier alpha value is -4.37. The number of amidine groups is 1. The Bertz CT molecular complexity index is 1400. The molecule has 3 aromatic rings. The van der Waals surface area contributed by atoms with E-state index in [-0.39, 0.29) is 49.1 Å². The van der Waals surface area contributed by atoms with Gasteiger partial charge in [0.25, 0.3) is 0 Å². The number of amides is 2.